The topological polar surface area (TPSA) is 46.5 Å². The van der Waals surface area contributed by atoms with Gasteiger partial charge in [-0.15, -0.1) is 0 Å². The fourth-order valence-electron chi connectivity index (χ4n) is 4.02. The lowest BCUT2D eigenvalue weighted by Crippen LogP contribution is -2.25. The summed E-state index contributed by atoms with van der Waals surface area (Å²) in [5, 5.41) is 8.59. The Morgan fingerprint density at radius 1 is 0.655 bits per heavy atom. The van der Waals surface area contributed by atoms with Crippen molar-refractivity contribution < 1.29 is 14.6 Å². The van der Waals surface area contributed by atoms with Crippen LogP contribution in [0, 0.1) is 5.92 Å². The van der Waals surface area contributed by atoms with Gasteiger partial charge >= 0.3 is 5.97 Å². The van der Waals surface area contributed by atoms with Crippen molar-refractivity contribution in [1.29, 1.82) is 0 Å². The van der Waals surface area contributed by atoms with Crippen molar-refractivity contribution in [1.82, 2.24) is 0 Å². The van der Waals surface area contributed by atoms with Gasteiger partial charge < -0.3 is 9.84 Å². The smallest absolute Gasteiger partial charge is 0.303 e. The van der Waals surface area contributed by atoms with Gasteiger partial charge in [-0.3, -0.25) is 4.79 Å². The Balaban J connectivity index is 1.63. The highest BCUT2D eigenvalue weighted by Gasteiger charge is 2.13. The van der Waals surface area contributed by atoms with Gasteiger partial charge in [0.2, 0.25) is 0 Å². The summed E-state index contributed by atoms with van der Waals surface area (Å²) in [5.74, 6) is 0.0580. The molecule has 0 aromatic rings. The molecule has 0 radical (unpaired) electrons. The average molecular weight is 409 g/mol. The van der Waals surface area contributed by atoms with E-state index in [4.69, 9.17) is 9.84 Å². The van der Waals surface area contributed by atoms with Crippen LogP contribution in [-0.4, -0.2) is 24.3 Å². The minimum atomic E-state index is -0.653. The molecule has 170 valence electrons. The highest BCUT2D eigenvalue weighted by molar-refractivity contribution is 5.66. The lowest BCUT2D eigenvalue weighted by molar-refractivity contribution is -0.137. The van der Waals surface area contributed by atoms with Gasteiger partial charge in [-0.05, 0) is 19.3 Å². The molecule has 1 rings (SSSR count). The van der Waals surface area contributed by atoms with Crippen molar-refractivity contribution in [3.63, 3.8) is 0 Å². The number of unbranched alkanes of at least 4 members (excludes halogenated alkanes) is 18. The van der Waals surface area contributed by atoms with Crippen LogP contribution in [0.2, 0.25) is 0 Å². The summed E-state index contributed by atoms with van der Waals surface area (Å²) in [5.41, 5.74) is 0. The number of allylic oxidation sites excluding steroid dienone is 1. The zero-order valence-electron chi connectivity index (χ0n) is 19.1. The van der Waals surface area contributed by atoms with Gasteiger partial charge in [0, 0.05) is 12.3 Å². The van der Waals surface area contributed by atoms with Gasteiger partial charge in [0.15, 0.2) is 0 Å². The van der Waals surface area contributed by atoms with E-state index in [1.165, 1.54) is 109 Å². The lowest BCUT2D eigenvalue weighted by atomic mass is 10.0. The van der Waals surface area contributed by atoms with Crippen LogP contribution in [0.25, 0.3) is 0 Å². The minimum Gasteiger partial charge on any atom is -0.481 e. The van der Waals surface area contributed by atoms with Crippen LogP contribution in [0.3, 0.4) is 0 Å². The molecule has 0 amide bonds. The molecule has 0 unspecified atom stereocenters. The van der Waals surface area contributed by atoms with E-state index in [2.05, 4.69) is 12.2 Å². The first kappa shape index (κ1) is 26.2. The quantitative estimate of drug-likeness (QED) is 0.145. The van der Waals surface area contributed by atoms with Crippen molar-refractivity contribution in [2.45, 2.75) is 128 Å². The fourth-order valence-corrected chi connectivity index (χ4v) is 4.02. The maximum atomic E-state index is 10.4. The molecule has 1 aliphatic heterocycles. The second kappa shape index (κ2) is 20.4. The second-order valence-electron chi connectivity index (χ2n) is 9.02. The van der Waals surface area contributed by atoms with Crippen LogP contribution in [0.1, 0.15) is 128 Å². The summed E-state index contributed by atoms with van der Waals surface area (Å²) in [7, 11) is 0. The van der Waals surface area contributed by atoms with Gasteiger partial charge in [-0.2, -0.15) is 0 Å². The number of rotatable bonds is 22. The van der Waals surface area contributed by atoms with Gasteiger partial charge in [0.1, 0.15) is 0 Å². The molecular formula is C26H48O3. The van der Waals surface area contributed by atoms with Gasteiger partial charge in [-0.1, -0.05) is 115 Å². The molecule has 0 aromatic carbocycles. The van der Waals surface area contributed by atoms with Crippen LogP contribution in [0.4, 0.5) is 0 Å². The van der Waals surface area contributed by atoms with Crippen molar-refractivity contribution in [2.24, 2.45) is 5.92 Å². The van der Waals surface area contributed by atoms with Crippen molar-refractivity contribution in [3.8, 4) is 0 Å². The maximum Gasteiger partial charge on any atom is 0.303 e. The van der Waals surface area contributed by atoms with E-state index in [0.717, 1.165) is 26.1 Å². The number of ether oxygens (including phenoxy) is 1. The largest absolute Gasteiger partial charge is 0.481 e. The van der Waals surface area contributed by atoms with E-state index in [1.807, 2.05) is 0 Å². The lowest BCUT2D eigenvalue weighted by Gasteiger charge is -2.22. The Labute approximate surface area is 180 Å². The molecule has 0 spiro atoms. The summed E-state index contributed by atoms with van der Waals surface area (Å²) in [6.07, 6.45) is 30.4. The highest BCUT2D eigenvalue weighted by Crippen LogP contribution is 2.15. The Kier molecular flexibility index (Phi) is 18.5. The van der Waals surface area contributed by atoms with Crippen LogP contribution < -0.4 is 0 Å². The Morgan fingerprint density at radius 3 is 1.38 bits per heavy atom. The first-order chi connectivity index (χ1) is 14.3. The molecule has 1 heterocycles. The molecule has 0 atom stereocenters. The molecule has 0 saturated carbocycles. The maximum absolute atomic E-state index is 10.4. The molecule has 29 heavy (non-hydrogen) atoms. The Hall–Kier alpha value is -0.830. The Morgan fingerprint density at radius 2 is 1.03 bits per heavy atom. The van der Waals surface area contributed by atoms with Crippen LogP contribution >= 0.6 is 0 Å². The minimum absolute atomic E-state index is 0.342. The number of aliphatic carboxylic acids is 1. The Bertz CT molecular complexity index is 387. The summed E-state index contributed by atoms with van der Waals surface area (Å²) in [6.45, 7) is 1.88. The molecule has 1 fully saturated rings. The van der Waals surface area contributed by atoms with Crippen molar-refractivity contribution in [3.05, 3.63) is 12.2 Å². The zero-order valence-corrected chi connectivity index (χ0v) is 19.1. The van der Waals surface area contributed by atoms with Crippen LogP contribution in [-0.2, 0) is 9.53 Å². The second-order valence-corrected chi connectivity index (χ2v) is 9.02. The molecule has 1 saturated heterocycles. The van der Waals surface area contributed by atoms with E-state index >= 15 is 0 Å². The van der Waals surface area contributed by atoms with Gasteiger partial charge in [0.25, 0.3) is 0 Å². The third-order valence-electron chi connectivity index (χ3n) is 6.08. The molecule has 0 bridgehead atoms. The van der Waals surface area contributed by atoms with Crippen molar-refractivity contribution >= 4 is 5.97 Å². The molecule has 3 heteroatoms. The van der Waals surface area contributed by atoms with E-state index < -0.39 is 5.97 Å². The monoisotopic (exact) mass is 408 g/mol. The fraction of sp³-hybridized carbons (Fsp3) is 0.885. The molecule has 3 nitrogen and oxygen atoms in total. The zero-order chi connectivity index (χ0) is 20.8. The van der Waals surface area contributed by atoms with E-state index in [9.17, 15) is 4.79 Å². The predicted octanol–water partition coefficient (Wildman–Crippen LogP) is 8.08. The number of carbonyl (C=O) groups is 1. The summed E-state index contributed by atoms with van der Waals surface area (Å²) in [4.78, 5) is 10.4. The van der Waals surface area contributed by atoms with Crippen molar-refractivity contribution in [2.75, 3.05) is 13.2 Å². The number of hydrogen-bond acceptors (Lipinski definition) is 2. The average Bonchev–Trinajstić information content (AvgIpc) is 2.67. The van der Waals surface area contributed by atoms with Crippen LogP contribution in [0.15, 0.2) is 12.2 Å². The summed E-state index contributed by atoms with van der Waals surface area (Å²) in [6, 6.07) is 0. The van der Waals surface area contributed by atoms with E-state index in [0.29, 0.717) is 12.3 Å². The number of hydrogen-bond donors (Lipinski definition) is 1. The summed E-state index contributed by atoms with van der Waals surface area (Å²) >= 11 is 0. The first-order valence-electron chi connectivity index (χ1n) is 12.8. The SMILES string of the molecule is O=C(O)CCCCCCCCCCCCCCCCCCCCC=CC1COC1. The standard InChI is InChI=1S/C26H48O3/c27-26(28)22-20-18-16-14-12-10-8-6-4-2-1-3-5-7-9-11-13-15-17-19-21-25-23-29-24-25/h19,21,25H,1-18,20,22-24H2,(H,27,28). The van der Waals surface area contributed by atoms with Gasteiger partial charge in [-0.25, -0.2) is 0 Å². The highest BCUT2D eigenvalue weighted by atomic mass is 16.5. The third-order valence-corrected chi connectivity index (χ3v) is 6.08. The van der Waals surface area contributed by atoms with Crippen LogP contribution in [0.5, 0.6) is 0 Å². The number of carboxylic acids is 1. The molecule has 0 aliphatic carbocycles. The van der Waals surface area contributed by atoms with Gasteiger partial charge in [0.05, 0.1) is 13.2 Å². The number of carboxylic acid groups (broad SMARTS) is 1. The first-order valence-corrected chi connectivity index (χ1v) is 12.8. The molecule has 1 aliphatic rings. The normalized spacial score (nSPS) is 14.5. The summed E-state index contributed by atoms with van der Waals surface area (Å²) < 4.78 is 5.17. The third kappa shape index (κ3) is 18.9. The van der Waals surface area contributed by atoms with E-state index in [-0.39, 0.29) is 0 Å². The molecule has 1 N–H and O–H groups in total. The molecule has 0 aromatic heterocycles. The predicted molar refractivity (Wildman–Crippen MR) is 123 cm³/mol. The molecular weight excluding hydrogens is 360 g/mol. The van der Waals surface area contributed by atoms with E-state index in [1.54, 1.807) is 0 Å².